The van der Waals surface area contributed by atoms with Crippen molar-refractivity contribution in [1.82, 2.24) is 0 Å². The summed E-state index contributed by atoms with van der Waals surface area (Å²) < 4.78 is 0. The van der Waals surface area contributed by atoms with Crippen molar-refractivity contribution in [2.75, 3.05) is 5.32 Å². The molecule has 0 saturated carbocycles. The van der Waals surface area contributed by atoms with E-state index in [2.05, 4.69) is 37.2 Å². The van der Waals surface area contributed by atoms with Gasteiger partial charge in [-0.3, -0.25) is 9.59 Å². The summed E-state index contributed by atoms with van der Waals surface area (Å²) in [5.41, 5.74) is 2.30. The van der Waals surface area contributed by atoms with Crippen LogP contribution in [0.5, 0.6) is 0 Å². The van der Waals surface area contributed by atoms with E-state index in [-0.39, 0.29) is 16.5 Å². The summed E-state index contributed by atoms with van der Waals surface area (Å²) in [5, 5.41) is 2.83. The van der Waals surface area contributed by atoms with E-state index in [4.69, 9.17) is 0 Å². The maximum Gasteiger partial charge on any atom is 0.239 e. The lowest BCUT2D eigenvalue weighted by molar-refractivity contribution is -0.115. The molecule has 22 heavy (non-hydrogen) atoms. The third-order valence-corrected chi connectivity index (χ3v) is 5.90. The van der Waals surface area contributed by atoms with Crippen LogP contribution in [-0.4, -0.2) is 16.5 Å². The highest BCUT2D eigenvalue weighted by Crippen LogP contribution is 2.31. The first kappa shape index (κ1) is 16.9. The minimum Gasteiger partial charge on any atom is -0.325 e. The number of amides is 1. The quantitative estimate of drug-likeness (QED) is 0.557. The summed E-state index contributed by atoms with van der Waals surface area (Å²) in [4.78, 5) is 23.0. The van der Waals surface area contributed by atoms with Gasteiger partial charge in [-0.05, 0) is 36.8 Å². The lowest BCUT2D eigenvalue weighted by Crippen LogP contribution is -2.26. The van der Waals surface area contributed by atoms with Gasteiger partial charge in [0.05, 0.1) is 4.83 Å². The van der Waals surface area contributed by atoms with Gasteiger partial charge in [0.15, 0.2) is 5.78 Å². The predicted molar refractivity (Wildman–Crippen MR) is 95.9 cm³/mol. The normalized spacial score (nSPS) is 13.2. The van der Waals surface area contributed by atoms with Gasteiger partial charge in [-0.15, -0.1) is 0 Å². The Hall–Kier alpha value is -1.46. The van der Waals surface area contributed by atoms with Crippen LogP contribution >= 0.6 is 31.9 Å². The highest BCUT2D eigenvalue weighted by molar-refractivity contribution is 9.12. The molecule has 5 heteroatoms. The first-order valence-corrected chi connectivity index (χ1v) is 8.57. The molecule has 3 nitrogen and oxygen atoms in total. The van der Waals surface area contributed by atoms with Gasteiger partial charge < -0.3 is 5.32 Å². The molecule has 2 aromatic rings. The molecular formula is C17H15Br2NO2. The van der Waals surface area contributed by atoms with Crippen LogP contribution in [0.2, 0.25) is 0 Å². The maximum atomic E-state index is 12.3. The van der Waals surface area contributed by atoms with E-state index in [9.17, 15) is 9.59 Å². The number of carbonyl (C=O) groups excluding carboxylic acids is 2. The Kier molecular flexibility index (Phi) is 5.91. The van der Waals surface area contributed by atoms with Crippen molar-refractivity contribution in [2.45, 2.75) is 16.6 Å². The molecule has 0 unspecified atom stereocenters. The van der Waals surface area contributed by atoms with Crippen LogP contribution in [0.1, 0.15) is 27.7 Å². The summed E-state index contributed by atoms with van der Waals surface area (Å²) in [5.74, 6) is -0.151. The third kappa shape index (κ3) is 4.27. The van der Waals surface area contributed by atoms with Gasteiger partial charge in [0.25, 0.3) is 0 Å². The first-order valence-electron chi connectivity index (χ1n) is 6.74. The molecule has 0 bridgehead atoms. The largest absolute Gasteiger partial charge is 0.325 e. The molecule has 0 spiro atoms. The predicted octanol–water partition coefficient (Wildman–Crippen LogP) is 4.73. The van der Waals surface area contributed by atoms with Crippen LogP contribution < -0.4 is 5.32 Å². The van der Waals surface area contributed by atoms with Crippen molar-refractivity contribution in [3.63, 3.8) is 0 Å². The summed E-state index contributed by atoms with van der Waals surface area (Å²) in [6, 6.07) is 16.6. The number of hydrogen-bond donors (Lipinski definition) is 1. The highest BCUT2D eigenvalue weighted by Gasteiger charge is 2.24. The van der Waals surface area contributed by atoms with Gasteiger partial charge in [-0.25, -0.2) is 0 Å². The van der Waals surface area contributed by atoms with Gasteiger partial charge in [0, 0.05) is 11.3 Å². The summed E-state index contributed by atoms with van der Waals surface area (Å²) >= 11 is 6.97. The summed E-state index contributed by atoms with van der Waals surface area (Å²) in [6.07, 6.45) is 0. The fraction of sp³-hybridized carbons (Fsp3) is 0.176. The maximum absolute atomic E-state index is 12.3. The van der Waals surface area contributed by atoms with Crippen molar-refractivity contribution in [3.8, 4) is 0 Å². The number of rotatable bonds is 5. The Balaban J connectivity index is 2.03. The van der Waals surface area contributed by atoms with Gasteiger partial charge in [-0.2, -0.15) is 0 Å². The Bertz CT molecular complexity index is 656. The van der Waals surface area contributed by atoms with Gasteiger partial charge in [0.2, 0.25) is 5.91 Å². The molecule has 2 atom stereocenters. The first-order chi connectivity index (χ1) is 10.5. The topological polar surface area (TPSA) is 46.2 Å². The van der Waals surface area contributed by atoms with Crippen LogP contribution in [0, 0.1) is 0 Å². The standard InChI is InChI=1S/C17H15Br2NO2/c1-11(21)12-7-9-14(10-8-12)20-17(22)16(19)15(18)13-5-3-2-4-6-13/h2-10,15-16H,1H3,(H,20,22)/t15-,16-/m0/s1. The lowest BCUT2D eigenvalue weighted by atomic mass is 10.1. The Morgan fingerprint density at radius 3 is 2.09 bits per heavy atom. The zero-order chi connectivity index (χ0) is 16.1. The molecule has 1 amide bonds. The van der Waals surface area contributed by atoms with Crippen LogP contribution in [0.4, 0.5) is 5.69 Å². The minimum atomic E-state index is -0.414. The van der Waals surface area contributed by atoms with Gasteiger partial charge in [0.1, 0.15) is 4.83 Å². The Morgan fingerprint density at radius 2 is 1.55 bits per heavy atom. The van der Waals surface area contributed by atoms with Crippen molar-refractivity contribution in [3.05, 3.63) is 65.7 Å². The summed E-state index contributed by atoms with van der Waals surface area (Å²) in [6.45, 7) is 1.51. The Morgan fingerprint density at radius 1 is 0.955 bits per heavy atom. The second-order valence-corrected chi connectivity index (χ2v) is 6.81. The van der Waals surface area contributed by atoms with Crippen LogP contribution in [0.15, 0.2) is 54.6 Å². The van der Waals surface area contributed by atoms with Crippen LogP contribution in [0.25, 0.3) is 0 Å². The number of anilines is 1. The average molecular weight is 425 g/mol. The van der Waals surface area contributed by atoms with E-state index in [1.165, 1.54) is 6.92 Å². The number of halogens is 2. The monoisotopic (exact) mass is 423 g/mol. The van der Waals surface area contributed by atoms with E-state index >= 15 is 0 Å². The molecule has 2 rings (SSSR count). The average Bonchev–Trinajstić information content (AvgIpc) is 2.54. The second-order valence-electron chi connectivity index (χ2n) is 4.84. The van der Waals surface area contributed by atoms with Crippen molar-refractivity contribution in [2.24, 2.45) is 0 Å². The van der Waals surface area contributed by atoms with Gasteiger partial charge in [-0.1, -0.05) is 62.2 Å². The molecule has 114 valence electrons. The van der Waals surface area contributed by atoms with E-state index < -0.39 is 4.83 Å². The molecule has 0 aliphatic heterocycles. The number of hydrogen-bond acceptors (Lipinski definition) is 2. The highest BCUT2D eigenvalue weighted by atomic mass is 79.9. The second kappa shape index (κ2) is 7.70. The molecule has 0 aromatic heterocycles. The van der Waals surface area contributed by atoms with Crippen molar-refractivity contribution < 1.29 is 9.59 Å². The molecule has 1 N–H and O–H groups in total. The molecule has 2 aromatic carbocycles. The summed E-state index contributed by atoms with van der Waals surface area (Å²) in [7, 11) is 0. The molecule has 0 fully saturated rings. The van der Waals surface area contributed by atoms with Crippen molar-refractivity contribution in [1.29, 1.82) is 0 Å². The van der Waals surface area contributed by atoms with Crippen LogP contribution in [-0.2, 0) is 4.79 Å². The van der Waals surface area contributed by atoms with Crippen LogP contribution in [0.3, 0.4) is 0 Å². The smallest absolute Gasteiger partial charge is 0.239 e. The van der Waals surface area contributed by atoms with E-state index in [0.29, 0.717) is 11.3 Å². The fourth-order valence-electron chi connectivity index (χ4n) is 1.94. The molecule has 0 saturated heterocycles. The minimum absolute atomic E-state index is 0.000782. The SMILES string of the molecule is CC(=O)c1ccc(NC(=O)[C@@H](Br)[C@@H](Br)c2ccccc2)cc1. The van der Waals surface area contributed by atoms with E-state index in [1.807, 2.05) is 30.3 Å². The molecule has 0 aliphatic rings. The number of nitrogens with one attached hydrogen (secondary N) is 1. The zero-order valence-electron chi connectivity index (χ0n) is 11.9. The van der Waals surface area contributed by atoms with E-state index in [1.54, 1.807) is 24.3 Å². The number of benzene rings is 2. The third-order valence-electron chi connectivity index (χ3n) is 3.18. The fourth-order valence-corrected chi connectivity index (χ4v) is 2.90. The van der Waals surface area contributed by atoms with E-state index in [0.717, 1.165) is 5.56 Å². The number of ketones is 1. The zero-order valence-corrected chi connectivity index (χ0v) is 15.1. The Labute approximate surface area is 146 Å². The van der Waals surface area contributed by atoms with Crippen molar-refractivity contribution >= 4 is 49.2 Å². The molecule has 0 aliphatic carbocycles. The molecule has 0 radical (unpaired) electrons. The number of alkyl halides is 2. The molecular weight excluding hydrogens is 410 g/mol. The molecule has 0 heterocycles. The lowest BCUT2D eigenvalue weighted by Gasteiger charge is -2.17. The number of Topliss-reactive ketones (excluding diaryl/α,β-unsaturated/α-hetero) is 1. The van der Waals surface area contributed by atoms with Gasteiger partial charge >= 0.3 is 0 Å². The number of carbonyl (C=O) groups is 2.